The summed E-state index contributed by atoms with van der Waals surface area (Å²) in [5.74, 6) is -4.12. The summed E-state index contributed by atoms with van der Waals surface area (Å²) in [4.78, 5) is 59.9. The molecule has 15 rings (SSSR count). The van der Waals surface area contributed by atoms with E-state index >= 15 is 0 Å². The minimum absolute atomic E-state index is 0. The number of nitrogens with zero attached hydrogens (tertiary/aromatic N) is 10. The molecular weight excluding hydrogens is 2370 g/mol. The van der Waals surface area contributed by atoms with E-state index in [1.807, 2.05) is 158 Å². The summed E-state index contributed by atoms with van der Waals surface area (Å²) in [5, 5.41) is 42.5. The summed E-state index contributed by atoms with van der Waals surface area (Å²) in [7, 11) is 0. The molecular formula is C88H72F5Ir5N10O7-5. The Balaban J connectivity index is 0.000000638. The van der Waals surface area contributed by atoms with Crippen molar-refractivity contribution >= 4 is 11.9 Å². The van der Waals surface area contributed by atoms with Crippen molar-refractivity contribution in [2.45, 2.75) is 32.5 Å². The number of carboxylic acid groups (broad SMARTS) is 2. The summed E-state index contributed by atoms with van der Waals surface area (Å²) < 4.78 is 62.6. The minimum Gasteiger partial charge on any atom is -0.481 e. The number of aliphatic carboxylic acids is 1. The van der Waals surface area contributed by atoms with Crippen LogP contribution in [0, 0.1) is 59.4 Å². The summed E-state index contributed by atoms with van der Waals surface area (Å²) in [6, 6.07) is 92.2. The zero-order valence-corrected chi connectivity index (χ0v) is 72.7. The molecule has 0 bridgehead atoms. The van der Waals surface area contributed by atoms with Gasteiger partial charge in [0.25, 0.3) is 0 Å². The molecule has 0 spiro atoms. The second-order valence-corrected chi connectivity index (χ2v) is 21.8. The molecule has 10 aromatic heterocycles. The number of carbonyl (C=O) groups is 2. The minimum atomic E-state index is -1.35. The van der Waals surface area contributed by atoms with Gasteiger partial charge >= 0.3 is 11.9 Å². The van der Waals surface area contributed by atoms with Gasteiger partial charge in [0.1, 0.15) is 0 Å². The van der Waals surface area contributed by atoms with Crippen LogP contribution in [-0.2, 0) is 125 Å². The molecule has 0 saturated carbocycles. The standard InChI is InChI=1S/4C11H7FN.C11H8N.C7H7NO2.2C7H9NO.C6H4FNO2.C6H7NO.5Ir/c4*12-10-6-4-9(5-7-10)11-3-1-2-8-13-11;1-2-6-10(7-3-1)11-8-4-5-9-12-11;9-7(10)5-6-3-1-2-4-8-6;1-6(9)7-4-2-3-5-8-7;9-6-4-7-3-1-2-5-8-7;7-4-2-1-3-8-5(4)6(9)10;8-5-6-3-1-2-4-7-6;;;;;/h4*1-4,6-8H;1-6,8-9H;1-4H,5H2,(H,9,10);2-6,9H,1H3;1-3,5,9H,4,6H2;1-3H,(H,9,10);1-4,8H,5H2;;;;;/q5*-1;;;;;;;;;;. The van der Waals surface area contributed by atoms with Crippen LogP contribution in [0.1, 0.15) is 46.3 Å². The average Bonchev–Trinajstić information content (AvgIpc) is 0.885. The van der Waals surface area contributed by atoms with E-state index in [9.17, 15) is 31.5 Å². The van der Waals surface area contributed by atoms with Crippen LogP contribution < -0.4 is 0 Å². The van der Waals surface area contributed by atoms with Gasteiger partial charge in [-0.15, -0.1) is 155 Å². The van der Waals surface area contributed by atoms with Gasteiger partial charge in [-0.1, -0.05) is 84.9 Å². The van der Waals surface area contributed by atoms with Crippen molar-refractivity contribution in [3.8, 4) is 56.3 Å². The predicted molar refractivity (Wildman–Crippen MR) is 409 cm³/mol. The Bertz CT molecular complexity index is 4570. The molecule has 15 aromatic rings. The first-order valence-corrected chi connectivity index (χ1v) is 33.4. The number of pyridine rings is 10. The van der Waals surface area contributed by atoms with Gasteiger partial charge in [-0.05, 0) is 126 Å². The van der Waals surface area contributed by atoms with E-state index in [1.54, 1.807) is 117 Å². The van der Waals surface area contributed by atoms with Gasteiger partial charge in [-0.25, -0.2) is 14.2 Å². The van der Waals surface area contributed by atoms with Crippen LogP contribution in [0.25, 0.3) is 56.3 Å². The molecule has 5 N–H and O–H groups in total. The fraction of sp³-hybridized carbons (Fsp3) is 0.0682. The van der Waals surface area contributed by atoms with Crippen molar-refractivity contribution in [1.82, 2.24) is 49.8 Å². The SMILES string of the molecule is CC(O)c1ccccn1.Fc1c[c-]c(-c2ccccn2)cc1.Fc1c[c-]c(-c2ccccn2)cc1.Fc1c[c-]c(-c2ccccn2)cc1.Fc1c[c-]c(-c2ccccn2)cc1.O=C(O)Cc1ccccn1.O=C(O)c1ncccc1F.OCCc1ccccn1.OCc1ccccn1.[Ir].[Ir].[Ir].[Ir].[Ir].[c-]1ccccc1-c1ccccn1. The van der Waals surface area contributed by atoms with Crippen molar-refractivity contribution in [2.75, 3.05) is 6.61 Å². The van der Waals surface area contributed by atoms with Crippen molar-refractivity contribution in [3.63, 3.8) is 0 Å². The third-order valence-corrected chi connectivity index (χ3v) is 13.6. The molecule has 115 heavy (non-hydrogen) atoms. The van der Waals surface area contributed by atoms with Crippen molar-refractivity contribution in [2.24, 2.45) is 0 Å². The van der Waals surface area contributed by atoms with E-state index < -0.39 is 29.6 Å². The first-order valence-electron chi connectivity index (χ1n) is 33.4. The molecule has 0 aliphatic rings. The monoisotopic (exact) mass is 2440 g/mol. The zero-order valence-electron chi connectivity index (χ0n) is 60.7. The zero-order chi connectivity index (χ0) is 78.6. The molecule has 0 fully saturated rings. The molecule has 10 heterocycles. The molecule has 0 saturated heterocycles. The number of aromatic nitrogens is 10. The van der Waals surface area contributed by atoms with Gasteiger partial charge in [-0.3, -0.25) is 42.3 Å². The van der Waals surface area contributed by atoms with E-state index in [1.165, 1.54) is 60.8 Å². The number of hydrogen-bond donors (Lipinski definition) is 5. The van der Waals surface area contributed by atoms with E-state index in [0.717, 1.165) is 73.7 Å². The summed E-state index contributed by atoms with van der Waals surface area (Å²) in [6.45, 7) is 1.90. The van der Waals surface area contributed by atoms with E-state index in [4.69, 9.17) is 25.5 Å². The van der Waals surface area contributed by atoms with Gasteiger partial charge in [0.15, 0.2) is 11.5 Å². The van der Waals surface area contributed by atoms with E-state index in [0.29, 0.717) is 17.8 Å². The Morgan fingerprint density at radius 3 is 0.878 bits per heavy atom. The van der Waals surface area contributed by atoms with Crippen molar-refractivity contribution in [3.05, 3.63) is 423 Å². The molecule has 5 aromatic carbocycles. The Morgan fingerprint density at radius 2 is 0.652 bits per heavy atom. The molecule has 0 aliphatic carbocycles. The smallest absolute Gasteiger partial charge is 0.357 e. The van der Waals surface area contributed by atoms with Gasteiger partial charge in [-0.2, -0.15) is 0 Å². The van der Waals surface area contributed by atoms with Gasteiger partial charge in [0.2, 0.25) is 0 Å². The molecule has 601 valence electrons. The normalized spacial score (nSPS) is 9.50. The number of carboxylic acids is 2. The van der Waals surface area contributed by atoms with Crippen LogP contribution >= 0.6 is 0 Å². The largest absolute Gasteiger partial charge is 0.481 e. The number of halogens is 5. The average molecular weight is 2440 g/mol. The van der Waals surface area contributed by atoms with Crippen LogP contribution in [0.4, 0.5) is 22.0 Å². The number of benzene rings is 5. The fourth-order valence-corrected chi connectivity index (χ4v) is 8.40. The van der Waals surface area contributed by atoms with E-state index in [-0.39, 0.29) is 143 Å². The molecule has 1 atom stereocenters. The molecule has 17 nitrogen and oxygen atoms in total. The van der Waals surface area contributed by atoms with Crippen LogP contribution in [-0.4, -0.2) is 93.9 Å². The third-order valence-electron chi connectivity index (χ3n) is 13.6. The number of rotatable bonds is 12. The van der Waals surface area contributed by atoms with Crippen LogP contribution in [0.2, 0.25) is 0 Å². The maximum absolute atomic E-state index is 12.6. The quantitative estimate of drug-likeness (QED) is 0.0562. The van der Waals surface area contributed by atoms with Crippen LogP contribution in [0.3, 0.4) is 0 Å². The Labute approximate surface area is 731 Å². The van der Waals surface area contributed by atoms with Crippen LogP contribution in [0.5, 0.6) is 0 Å². The summed E-state index contributed by atoms with van der Waals surface area (Å²) >= 11 is 0. The number of hydrogen-bond acceptors (Lipinski definition) is 15. The fourth-order valence-electron chi connectivity index (χ4n) is 8.40. The third kappa shape index (κ3) is 42.9. The Hall–Kier alpha value is -10.7. The number of aliphatic hydroxyl groups excluding tert-OH is 3. The second kappa shape index (κ2) is 61.8. The number of aliphatic hydroxyl groups is 3. The Morgan fingerprint density at radius 1 is 0.339 bits per heavy atom. The molecule has 1 unspecified atom stereocenters. The molecule has 27 heteroatoms. The van der Waals surface area contributed by atoms with Crippen molar-refractivity contribution in [1.29, 1.82) is 0 Å². The predicted octanol–water partition coefficient (Wildman–Crippen LogP) is 17.2. The van der Waals surface area contributed by atoms with E-state index in [2.05, 4.69) is 80.2 Å². The van der Waals surface area contributed by atoms with Gasteiger partial charge < -0.3 is 50.5 Å². The molecule has 0 aliphatic heterocycles. The summed E-state index contributed by atoms with van der Waals surface area (Å²) in [6.07, 6.45) is 16.7. The molecule has 5 radical (unpaired) electrons. The first kappa shape index (κ1) is 102. The summed E-state index contributed by atoms with van der Waals surface area (Å²) in [5.41, 5.74) is 10.9. The second-order valence-electron chi connectivity index (χ2n) is 21.8. The van der Waals surface area contributed by atoms with Crippen molar-refractivity contribution < 1.29 is 158 Å². The number of aromatic carboxylic acids is 1. The molecule has 0 amide bonds. The maximum Gasteiger partial charge on any atom is 0.357 e. The first-order chi connectivity index (χ1) is 53.6. The van der Waals surface area contributed by atoms with Gasteiger partial charge in [0.05, 0.1) is 36.2 Å². The van der Waals surface area contributed by atoms with Gasteiger partial charge in [0, 0.05) is 204 Å². The van der Waals surface area contributed by atoms with Crippen LogP contribution in [0.15, 0.2) is 335 Å². The Kier molecular flexibility index (Phi) is 55.0. The maximum atomic E-state index is 12.6. The topological polar surface area (TPSA) is 264 Å².